The Morgan fingerprint density at radius 1 is 1.13 bits per heavy atom. The summed E-state index contributed by atoms with van der Waals surface area (Å²) < 4.78 is 11.5. The van der Waals surface area contributed by atoms with Crippen molar-refractivity contribution in [2.45, 2.75) is 20.5 Å². The van der Waals surface area contributed by atoms with E-state index in [4.69, 9.17) is 9.47 Å². The number of rotatable bonds is 6. The maximum absolute atomic E-state index is 12.1. The lowest BCUT2D eigenvalue weighted by atomic mass is 10.0. The summed E-state index contributed by atoms with van der Waals surface area (Å²) in [5.41, 5.74) is 1.64. The predicted molar refractivity (Wildman–Crippen MR) is 95.9 cm³/mol. The SMILES string of the molecule is CCOC(=O)c1cc(OCc2ccccc2)cc(I)c1C(C)=O. The Bertz CT molecular complexity index is 710. The van der Waals surface area contributed by atoms with Gasteiger partial charge in [-0.1, -0.05) is 30.3 Å². The fraction of sp³-hybridized carbons (Fsp3) is 0.222. The number of halogens is 1. The summed E-state index contributed by atoms with van der Waals surface area (Å²) >= 11 is 2.03. The molecule has 4 nitrogen and oxygen atoms in total. The number of ketones is 1. The molecule has 0 N–H and O–H groups in total. The first kappa shape index (κ1) is 17.5. The number of hydrogen-bond donors (Lipinski definition) is 0. The second kappa shape index (κ2) is 8.10. The molecule has 0 amide bonds. The first-order chi connectivity index (χ1) is 11.0. The molecule has 0 heterocycles. The van der Waals surface area contributed by atoms with E-state index in [9.17, 15) is 9.59 Å². The highest BCUT2D eigenvalue weighted by Gasteiger charge is 2.20. The molecule has 2 rings (SSSR count). The molecule has 2 aromatic carbocycles. The Hall–Kier alpha value is -1.89. The number of Topliss-reactive ketones (excluding diaryl/α,β-unsaturated/α-hetero) is 1. The maximum Gasteiger partial charge on any atom is 0.339 e. The Morgan fingerprint density at radius 2 is 1.83 bits per heavy atom. The van der Waals surface area contributed by atoms with Crippen LogP contribution in [0.4, 0.5) is 0 Å². The van der Waals surface area contributed by atoms with E-state index < -0.39 is 5.97 Å². The number of ether oxygens (including phenoxy) is 2. The van der Waals surface area contributed by atoms with Crippen LogP contribution in [0.25, 0.3) is 0 Å². The van der Waals surface area contributed by atoms with Gasteiger partial charge in [0.1, 0.15) is 12.4 Å². The van der Waals surface area contributed by atoms with Crippen LogP contribution < -0.4 is 4.74 Å². The zero-order chi connectivity index (χ0) is 16.8. The lowest BCUT2D eigenvalue weighted by Gasteiger charge is -2.13. The van der Waals surface area contributed by atoms with Gasteiger partial charge in [-0.25, -0.2) is 4.79 Å². The summed E-state index contributed by atoms with van der Waals surface area (Å²) in [6.45, 7) is 3.80. The molecule has 23 heavy (non-hydrogen) atoms. The third-order valence-electron chi connectivity index (χ3n) is 3.16. The van der Waals surface area contributed by atoms with Crippen molar-refractivity contribution in [1.82, 2.24) is 0 Å². The highest BCUT2D eigenvalue weighted by molar-refractivity contribution is 14.1. The van der Waals surface area contributed by atoms with E-state index in [0.717, 1.165) is 5.56 Å². The van der Waals surface area contributed by atoms with Gasteiger partial charge in [-0.05, 0) is 54.1 Å². The van der Waals surface area contributed by atoms with Crippen molar-refractivity contribution in [1.29, 1.82) is 0 Å². The Balaban J connectivity index is 2.31. The largest absolute Gasteiger partial charge is 0.489 e. The van der Waals surface area contributed by atoms with Gasteiger partial charge >= 0.3 is 5.97 Å². The topological polar surface area (TPSA) is 52.6 Å². The molecule has 0 aliphatic carbocycles. The highest BCUT2D eigenvalue weighted by atomic mass is 127. The second-order valence-corrected chi connectivity index (χ2v) is 6.04. The molecule has 0 bridgehead atoms. The highest BCUT2D eigenvalue weighted by Crippen LogP contribution is 2.26. The van der Waals surface area contributed by atoms with Crippen molar-refractivity contribution in [3.63, 3.8) is 0 Å². The van der Waals surface area contributed by atoms with E-state index in [0.29, 0.717) is 21.5 Å². The smallest absolute Gasteiger partial charge is 0.339 e. The molecule has 0 aliphatic rings. The fourth-order valence-electron chi connectivity index (χ4n) is 2.13. The van der Waals surface area contributed by atoms with Crippen molar-refractivity contribution in [2.24, 2.45) is 0 Å². The van der Waals surface area contributed by atoms with Gasteiger partial charge in [-0.3, -0.25) is 4.79 Å². The molecule has 5 heteroatoms. The lowest BCUT2D eigenvalue weighted by Crippen LogP contribution is -2.13. The average Bonchev–Trinajstić information content (AvgIpc) is 2.53. The Kier molecular flexibility index (Phi) is 6.15. The van der Waals surface area contributed by atoms with E-state index in [1.807, 2.05) is 52.9 Å². The molecule has 0 saturated heterocycles. The number of benzene rings is 2. The number of hydrogen-bond acceptors (Lipinski definition) is 4. The van der Waals surface area contributed by atoms with Gasteiger partial charge in [-0.2, -0.15) is 0 Å². The summed E-state index contributed by atoms with van der Waals surface area (Å²) in [7, 11) is 0. The quantitative estimate of drug-likeness (QED) is 0.395. The molecule has 0 aromatic heterocycles. The Labute approximate surface area is 148 Å². The van der Waals surface area contributed by atoms with Gasteiger partial charge in [0.05, 0.1) is 12.2 Å². The molecular weight excluding hydrogens is 407 g/mol. The molecular formula is C18H17IO4. The number of carbonyl (C=O) groups excluding carboxylic acids is 2. The van der Waals surface area contributed by atoms with Crippen molar-refractivity contribution in [3.8, 4) is 5.75 Å². The zero-order valence-corrected chi connectivity index (χ0v) is 15.1. The molecule has 120 valence electrons. The third kappa shape index (κ3) is 4.54. The minimum absolute atomic E-state index is 0.174. The van der Waals surface area contributed by atoms with Crippen molar-refractivity contribution in [3.05, 3.63) is 62.7 Å². The molecule has 0 atom stereocenters. The van der Waals surface area contributed by atoms with Crippen molar-refractivity contribution >= 4 is 34.3 Å². The fourth-order valence-corrected chi connectivity index (χ4v) is 3.11. The van der Waals surface area contributed by atoms with Crippen LogP contribution in [0.3, 0.4) is 0 Å². The predicted octanol–water partition coefficient (Wildman–Crippen LogP) is 4.25. The molecule has 0 unspecified atom stereocenters. The van der Waals surface area contributed by atoms with E-state index in [2.05, 4.69) is 0 Å². The normalized spacial score (nSPS) is 10.2. The zero-order valence-electron chi connectivity index (χ0n) is 13.0. The van der Waals surface area contributed by atoms with Crippen LogP contribution in [0, 0.1) is 3.57 Å². The van der Waals surface area contributed by atoms with Crippen LogP contribution in [0.15, 0.2) is 42.5 Å². The van der Waals surface area contributed by atoms with Gasteiger partial charge in [0.15, 0.2) is 5.78 Å². The van der Waals surface area contributed by atoms with E-state index in [-0.39, 0.29) is 18.0 Å². The minimum Gasteiger partial charge on any atom is -0.489 e. The molecule has 0 spiro atoms. The standard InChI is InChI=1S/C18H17IO4/c1-3-22-18(21)15-9-14(10-16(19)17(15)12(2)20)23-11-13-7-5-4-6-8-13/h4-10H,3,11H2,1-2H3. The van der Waals surface area contributed by atoms with Crippen LogP contribution in [0.2, 0.25) is 0 Å². The molecule has 0 saturated carbocycles. The van der Waals surface area contributed by atoms with Crippen molar-refractivity contribution < 1.29 is 19.1 Å². The lowest BCUT2D eigenvalue weighted by molar-refractivity contribution is 0.0522. The van der Waals surface area contributed by atoms with Crippen LogP contribution in [0.1, 0.15) is 40.1 Å². The number of esters is 1. The van der Waals surface area contributed by atoms with Crippen LogP contribution in [-0.2, 0) is 11.3 Å². The average molecular weight is 424 g/mol. The molecule has 0 aliphatic heterocycles. The van der Waals surface area contributed by atoms with Gasteiger partial charge in [0.2, 0.25) is 0 Å². The minimum atomic E-state index is -0.513. The summed E-state index contributed by atoms with van der Waals surface area (Å²) in [5.74, 6) is -0.154. The summed E-state index contributed by atoms with van der Waals surface area (Å²) in [6.07, 6.45) is 0. The maximum atomic E-state index is 12.1. The summed E-state index contributed by atoms with van der Waals surface area (Å²) in [4.78, 5) is 23.9. The Morgan fingerprint density at radius 3 is 2.43 bits per heavy atom. The monoisotopic (exact) mass is 424 g/mol. The van der Waals surface area contributed by atoms with Crippen LogP contribution in [0.5, 0.6) is 5.75 Å². The van der Waals surface area contributed by atoms with Gasteiger partial charge in [-0.15, -0.1) is 0 Å². The van der Waals surface area contributed by atoms with Crippen molar-refractivity contribution in [2.75, 3.05) is 6.61 Å². The molecule has 0 fully saturated rings. The third-order valence-corrected chi connectivity index (χ3v) is 4.01. The first-order valence-corrected chi connectivity index (χ1v) is 8.29. The summed E-state index contributed by atoms with van der Waals surface area (Å²) in [6, 6.07) is 13.1. The van der Waals surface area contributed by atoms with E-state index >= 15 is 0 Å². The van der Waals surface area contributed by atoms with Gasteiger partial charge in [0, 0.05) is 9.13 Å². The first-order valence-electron chi connectivity index (χ1n) is 7.21. The van der Waals surface area contributed by atoms with Crippen LogP contribution in [-0.4, -0.2) is 18.4 Å². The van der Waals surface area contributed by atoms with E-state index in [1.54, 1.807) is 19.1 Å². The number of carbonyl (C=O) groups is 2. The van der Waals surface area contributed by atoms with Gasteiger partial charge in [0.25, 0.3) is 0 Å². The van der Waals surface area contributed by atoms with E-state index in [1.165, 1.54) is 6.92 Å². The summed E-state index contributed by atoms with van der Waals surface area (Å²) in [5, 5.41) is 0. The molecule has 0 radical (unpaired) electrons. The van der Waals surface area contributed by atoms with Gasteiger partial charge < -0.3 is 9.47 Å². The van der Waals surface area contributed by atoms with Crippen LogP contribution >= 0.6 is 22.6 Å². The second-order valence-electron chi connectivity index (χ2n) is 4.88. The molecule has 2 aromatic rings.